The quantitative estimate of drug-likeness (QED) is 0.390. The van der Waals surface area contributed by atoms with E-state index in [2.05, 4.69) is 41.5 Å². The van der Waals surface area contributed by atoms with E-state index in [1.165, 1.54) is 11.1 Å². The molecule has 0 spiro atoms. The highest BCUT2D eigenvalue weighted by Gasteiger charge is 2.35. The summed E-state index contributed by atoms with van der Waals surface area (Å²) < 4.78 is 5.33. The predicted octanol–water partition coefficient (Wildman–Crippen LogP) is 3.96. The van der Waals surface area contributed by atoms with Crippen LogP contribution < -0.4 is 15.4 Å². The molecule has 0 saturated carbocycles. The highest BCUT2D eigenvalue weighted by atomic mass is 16.5. The maximum Gasteiger partial charge on any atom is 0.245 e. The molecule has 0 aliphatic carbocycles. The van der Waals surface area contributed by atoms with E-state index < -0.39 is 6.04 Å². The normalized spacial score (nSPS) is 20.0. The first-order chi connectivity index (χ1) is 22.2. The van der Waals surface area contributed by atoms with Crippen molar-refractivity contribution in [3.05, 3.63) is 65.2 Å². The zero-order chi connectivity index (χ0) is 32.6. The van der Waals surface area contributed by atoms with Crippen molar-refractivity contribution in [3.8, 4) is 5.75 Å². The Bertz CT molecular complexity index is 1320. The van der Waals surface area contributed by atoms with Gasteiger partial charge in [0, 0.05) is 70.6 Å². The maximum absolute atomic E-state index is 14.1. The summed E-state index contributed by atoms with van der Waals surface area (Å²) in [5.74, 6) is 1.34. The van der Waals surface area contributed by atoms with Crippen molar-refractivity contribution < 1.29 is 19.1 Å². The number of methoxy groups -OCH3 is 1. The molecule has 0 bridgehead atoms. The van der Waals surface area contributed by atoms with Crippen molar-refractivity contribution in [2.75, 3.05) is 46.4 Å². The maximum atomic E-state index is 14.1. The van der Waals surface area contributed by atoms with Gasteiger partial charge in [-0.05, 0) is 73.4 Å². The largest absolute Gasteiger partial charge is 0.497 e. The molecule has 2 fully saturated rings. The molecule has 2 aromatic rings. The van der Waals surface area contributed by atoms with Crippen LogP contribution in [0, 0.1) is 5.92 Å². The lowest BCUT2D eigenvalue weighted by Gasteiger charge is -2.46. The van der Waals surface area contributed by atoms with Gasteiger partial charge in [0.2, 0.25) is 17.7 Å². The summed E-state index contributed by atoms with van der Waals surface area (Å²) in [7, 11) is 1.64. The number of amides is 3. The molecule has 9 nitrogen and oxygen atoms in total. The lowest BCUT2D eigenvalue weighted by atomic mass is 9.92. The van der Waals surface area contributed by atoms with Gasteiger partial charge in [0.1, 0.15) is 11.8 Å². The zero-order valence-electron chi connectivity index (χ0n) is 28.2. The average Bonchev–Trinajstić information content (AvgIpc) is 3.07. The van der Waals surface area contributed by atoms with Crippen molar-refractivity contribution in [1.29, 1.82) is 0 Å². The van der Waals surface area contributed by atoms with Crippen LogP contribution >= 0.6 is 0 Å². The summed E-state index contributed by atoms with van der Waals surface area (Å²) in [5, 5.41) is 6.65. The molecule has 46 heavy (non-hydrogen) atoms. The SMILES string of the molecule is COc1ccc(C[C@@H](NC(=O)CC2NCCc3ccccc32)C(=O)N2CCC(N(CC(C)C)C3CCN(C(C)=O)CC3)CC2)cc1. The summed E-state index contributed by atoms with van der Waals surface area (Å²) in [4.78, 5) is 46.2. The van der Waals surface area contributed by atoms with E-state index >= 15 is 0 Å². The summed E-state index contributed by atoms with van der Waals surface area (Å²) >= 11 is 0. The van der Waals surface area contributed by atoms with E-state index in [9.17, 15) is 14.4 Å². The molecule has 2 saturated heterocycles. The number of carbonyl (C=O) groups is 3. The van der Waals surface area contributed by atoms with Crippen molar-refractivity contribution in [1.82, 2.24) is 25.3 Å². The fourth-order valence-electron chi connectivity index (χ4n) is 7.58. The third-order valence-corrected chi connectivity index (χ3v) is 10.0. The Kier molecular flexibility index (Phi) is 11.7. The van der Waals surface area contributed by atoms with Crippen LogP contribution in [0.1, 0.15) is 75.6 Å². The number of carbonyl (C=O) groups excluding carboxylic acids is 3. The summed E-state index contributed by atoms with van der Waals surface area (Å²) in [5.41, 5.74) is 3.43. The van der Waals surface area contributed by atoms with Crippen LogP contribution in [0.3, 0.4) is 0 Å². The second kappa shape index (κ2) is 15.9. The smallest absolute Gasteiger partial charge is 0.245 e. The fourth-order valence-corrected chi connectivity index (χ4v) is 7.58. The van der Waals surface area contributed by atoms with Gasteiger partial charge in [0.25, 0.3) is 0 Å². The topological polar surface area (TPSA) is 94.2 Å². The predicted molar refractivity (Wildman–Crippen MR) is 181 cm³/mol. The van der Waals surface area contributed by atoms with E-state index in [-0.39, 0.29) is 30.2 Å². The number of hydrogen-bond donors (Lipinski definition) is 2. The molecule has 9 heteroatoms. The number of fused-ring (bicyclic) bond motifs is 1. The molecule has 250 valence electrons. The van der Waals surface area contributed by atoms with Gasteiger partial charge in [-0.3, -0.25) is 19.3 Å². The van der Waals surface area contributed by atoms with E-state index in [1.807, 2.05) is 46.2 Å². The van der Waals surface area contributed by atoms with E-state index in [0.29, 0.717) is 37.5 Å². The Morgan fingerprint density at radius 2 is 1.57 bits per heavy atom. The molecule has 0 aromatic heterocycles. The van der Waals surface area contributed by atoms with Gasteiger partial charge in [-0.25, -0.2) is 0 Å². The number of piperidine rings is 2. The standard InChI is InChI=1S/C37H53N5O4/c1-26(2)25-42(30-14-19-40(20-15-30)27(3)43)31-16-21-41(22-17-31)37(45)35(23-28-9-11-32(46-4)12-10-28)39-36(44)24-34-33-8-6-5-7-29(33)13-18-38-34/h5-12,26,30-31,34-35,38H,13-25H2,1-4H3,(H,39,44)/t34?,35-/m1/s1. The van der Waals surface area contributed by atoms with Gasteiger partial charge in [0.05, 0.1) is 7.11 Å². The number of benzene rings is 2. The van der Waals surface area contributed by atoms with E-state index in [4.69, 9.17) is 4.74 Å². The first-order valence-corrected chi connectivity index (χ1v) is 17.2. The van der Waals surface area contributed by atoms with Crippen molar-refractivity contribution in [3.63, 3.8) is 0 Å². The fraction of sp³-hybridized carbons (Fsp3) is 0.595. The van der Waals surface area contributed by atoms with Crippen LogP contribution in [0.2, 0.25) is 0 Å². The Morgan fingerprint density at radius 3 is 2.17 bits per heavy atom. The average molecular weight is 632 g/mol. The minimum absolute atomic E-state index is 0.00945. The third-order valence-electron chi connectivity index (χ3n) is 10.0. The first-order valence-electron chi connectivity index (χ1n) is 17.2. The molecule has 3 aliphatic heterocycles. The molecule has 0 radical (unpaired) electrons. The minimum atomic E-state index is -0.640. The van der Waals surface area contributed by atoms with Gasteiger partial charge in [-0.2, -0.15) is 0 Å². The van der Waals surface area contributed by atoms with Gasteiger partial charge < -0.3 is 25.2 Å². The molecule has 1 unspecified atom stereocenters. The molecular weight excluding hydrogens is 578 g/mol. The summed E-state index contributed by atoms with van der Waals surface area (Å²) in [6.07, 6.45) is 5.50. The van der Waals surface area contributed by atoms with Crippen LogP contribution in [-0.2, 0) is 27.2 Å². The molecule has 3 heterocycles. The lowest BCUT2D eigenvalue weighted by molar-refractivity contribution is -0.138. The molecule has 2 aromatic carbocycles. The number of nitrogens with one attached hydrogen (secondary N) is 2. The lowest BCUT2D eigenvalue weighted by Crippen LogP contribution is -2.56. The van der Waals surface area contributed by atoms with Gasteiger partial charge >= 0.3 is 0 Å². The minimum Gasteiger partial charge on any atom is -0.497 e. The highest BCUT2D eigenvalue weighted by Crippen LogP contribution is 2.28. The monoisotopic (exact) mass is 631 g/mol. The molecule has 3 amide bonds. The molecule has 2 N–H and O–H groups in total. The van der Waals surface area contributed by atoms with E-state index in [0.717, 1.165) is 69.6 Å². The Morgan fingerprint density at radius 1 is 0.935 bits per heavy atom. The molecule has 3 aliphatic rings. The van der Waals surface area contributed by atoms with E-state index in [1.54, 1.807) is 14.0 Å². The zero-order valence-corrected chi connectivity index (χ0v) is 28.2. The summed E-state index contributed by atoms with van der Waals surface area (Å²) in [6, 6.07) is 16.2. The Labute approximate surface area is 275 Å². The Balaban J connectivity index is 1.24. The molecule has 5 rings (SSSR count). The van der Waals surface area contributed by atoms with Gasteiger partial charge in [-0.15, -0.1) is 0 Å². The second-order valence-corrected chi connectivity index (χ2v) is 13.7. The van der Waals surface area contributed by atoms with Crippen LogP contribution in [0.4, 0.5) is 0 Å². The highest BCUT2D eigenvalue weighted by molar-refractivity contribution is 5.88. The van der Waals surface area contributed by atoms with Crippen LogP contribution in [0.5, 0.6) is 5.75 Å². The number of nitrogens with zero attached hydrogens (tertiary/aromatic N) is 3. The van der Waals surface area contributed by atoms with Crippen molar-refractivity contribution in [2.45, 2.75) is 89.9 Å². The third kappa shape index (κ3) is 8.68. The summed E-state index contributed by atoms with van der Waals surface area (Å²) in [6.45, 7) is 11.1. The number of likely N-dealkylation sites (tertiary alicyclic amines) is 2. The van der Waals surface area contributed by atoms with Gasteiger partial charge in [0.15, 0.2) is 0 Å². The number of rotatable bonds is 11. The van der Waals surface area contributed by atoms with Crippen molar-refractivity contribution in [2.24, 2.45) is 5.92 Å². The van der Waals surface area contributed by atoms with Crippen molar-refractivity contribution >= 4 is 17.7 Å². The molecular formula is C37H53N5O4. The van der Waals surface area contributed by atoms with Crippen LogP contribution in [0.15, 0.2) is 48.5 Å². The molecule has 2 atom stereocenters. The van der Waals surface area contributed by atoms with Crippen LogP contribution in [-0.4, -0.2) is 96.9 Å². The van der Waals surface area contributed by atoms with Gasteiger partial charge in [-0.1, -0.05) is 50.2 Å². The van der Waals surface area contributed by atoms with Crippen LogP contribution in [0.25, 0.3) is 0 Å². The first kappa shape index (κ1) is 33.9. The second-order valence-electron chi connectivity index (χ2n) is 13.7. The number of ether oxygens (including phenoxy) is 1. The Hall–Kier alpha value is -3.43. The number of hydrogen-bond acceptors (Lipinski definition) is 6.